The molecule has 2 rings (SSSR count). The third-order valence-electron chi connectivity index (χ3n) is 2.36. The summed E-state index contributed by atoms with van der Waals surface area (Å²) in [6, 6.07) is 6.92. The number of benzene rings is 1. The molecule has 3 nitrogen and oxygen atoms in total. The Morgan fingerprint density at radius 2 is 1.94 bits per heavy atom. The highest BCUT2D eigenvalue weighted by Crippen LogP contribution is 2.25. The number of nitrogens with zero attached hydrogens (tertiary/aromatic N) is 2. The van der Waals surface area contributed by atoms with E-state index in [9.17, 15) is 8.78 Å². The Hall–Kier alpha value is -1.62. The third kappa shape index (κ3) is 2.55. The molecule has 0 amide bonds. The number of nitrogen functional groups attached to an aromatic ring is 1. The van der Waals surface area contributed by atoms with E-state index in [4.69, 9.17) is 17.3 Å². The summed E-state index contributed by atoms with van der Waals surface area (Å²) in [6.07, 6.45) is -1.40. The Labute approximate surface area is 102 Å². The Kier molecular flexibility index (Phi) is 3.28. The van der Waals surface area contributed by atoms with Gasteiger partial charge in [-0.15, -0.1) is 0 Å². The van der Waals surface area contributed by atoms with Gasteiger partial charge in [0.1, 0.15) is 5.69 Å². The van der Waals surface area contributed by atoms with Crippen molar-refractivity contribution >= 4 is 17.3 Å². The Morgan fingerprint density at radius 3 is 2.53 bits per heavy atom. The normalized spacial score (nSPS) is 11.1. The zero-order valence-corrected chi connectivity index (χ0v) is 9.53. The monoisotopic (exact) mass is 257 g/mol. The molecule has 0 atom stereocenters. The first-order chi connectivity index (χ1) is 8.08. The summed E-state index contributed by atoms with van der Waals surface area (Å²) in [4.78, 5) is 0. The van der Waals surface area contributed by atoms with Gasteiger partial charge >= 0.3 is 0 Å². The molecule has 1 heterocycles. The molecule has 17 heavy (non-hydrogen) atoms. The second-order valence-electron chi connectivity index (χ2n) is 3.57. The molecule has 6 heteroatoms. The van der Waals surface area contributed by atoms with E-state index in [0.717, 1.165) is 5.56 Å². The zero-order valence-electron chi connectivity index (χ0n) is 8.78. The lowest BCUT2D eigenvalue weighted by atomic mass is 10.2. The van der Waals surface area contributed by atoms with Crippen LogP contribution in [0.1, 0.15) is 17.7 Å². The van der Waals surface area contributed by atoms with Gasteiger partial charge in [0.15, 0.2) is 0 Å². The SMILES string of the molecule is Nc1cnn(Cc2ccc(Cl)cc2)c1C(F)F. The number of rotatable bonds is 3. The van der Waals surface area contributed by atoms with Crippen LogP contribution >= 0.6 is 11.6 Å². The molecule has 1 aromatic carbocycles. The van der Waals surface area contributed by atoms with E-state index in [2.05, 4.69) is 5.10 Å². The number of halogens is 3. The molecular formula is C11H10ClF2N3. The Balaban J connectivity index is 2.27. The maximum absolute atomic E-state index is 12.7. The number of alkyl halides is 2. The summed E-state index contributed by atoms with van der Waals surface area (Å²) in [7, 11) is 0. The number of hydrogen-bond donors (Lipinski definition) is 1. The van der Waals surface area contributed by atoms with Gasteiger partial charge in [0, 0.05) is 5.02 Å². The maximum atomic E-state index is 12.7. The molecule has 1 aromatic heterocycles. The van der Waals surface area contributed by atoms with Gasteiger partial charge in [0.2, 0.25) is 0 Å². The molecule has 0 saturated carbocycles. The maximum Gasteiger partial charge on any atom is 0.282 e. The van der Waals surface area contributed by atoms with E-state index in [1.165, 1.54) is 10.9 Å². The number of nitrogens with two attached hydrogens (primary N) is 1. The van der Waals surface area contributed by atoms with Crippen molar-refractivity contribution in [2.75, 3.05) is 5.73 Å². The average molecular weight is 258 g/mol. The lowest BCUT2D eigenvalue weighted by molar-refractivity contribution is 0.140. The molecule has 0 spiro atoms. The fraction of sp³-hybridized carbons (Fsp3) is 0.182. The first kappa shape index (κ1) is 11.9. The lowest BCUT2D eigenvalue weighted by Crippen LogP contribution is -2.07. The minimum Gasteiger partial charge on any atom is -0.396 e. The zero-order chi connectivity index (χ0) is 12.4. The first-order valence-electron chi connectivity index (χ1n) is 4.91. The smallest absolute Gasteiger partial charge is 0.282 e. The van der Waals surface area contributed by atoms with E-state index >= 15 is 0 Å². The molecule has 0 aliphatic rings. The van der Waals surface area contributed by atoms with Gasteiger partial charge < -0.3 is 5.73 Å². The fourth-order valence-electron chi connectivity index (χ4n) is 1.54. The van der Waals surface area contributed by atoms with Crippen molar-refractivity contribution in [3.8, 4) is 0 Å². The van der Waals surface area contributed by atoms with Crippen LogP contribution in [0.25, 0.3) is 0 Å². The molecule has 90 valence electrons. The van der Waals surface area contributed by atoms with Crippen molar-refractivity contribution in [3.05, 3.63) is 46.7 Å². The van der Waals surface area contributed by atoms with E-state index in [0.29, 0.717) is 5.02 Å². The first-order valence-corrected chi connectivity index (χ1v) is 5.29. The topological polar surface area (TPSA) is 43.8 Å². The summed E-state index contributed by atoms with van der Waals surface area (Å²) in [5.74, 6) is 0. The van der Waals surface area contributed by atoms with Crippen molar-refractivity contribution < 1.29 is 8.78 Å². The highest BCUT2D eigenvalue weighted by Gasteiger charge is 2.18. The summed E-state index contributed by atoms with van der Waals surface area (Å²) < 4.78 is 26.7. The number of hydrogen-bond acceptors (Lipinski definition) is 2. The third-order valence-corrected chi connectivity index (χ3v) is 2.61. The van der Waals surface area contributed by atoms with Crippen LogP contribution in [0.2, 0.25) is 5.02 Å². The van der Waals surface area contributed by atoms with Gasteiger partial charge in [-0.1, -0.05) is 23.7 Å². The molecule has 0 saturated heterocycles. The summed E-state index contributed by atoms with van der Waals surface area (Å²) in [5.41, 5.74) is 6.03. The lowest BCUT2D eigenvalue weighted by Gasteiger charge is -2.07. The van der Waals surface area contributed by atoms with Crippen molar-refractivity contribution in [2.45, 2.75) is 13.0 Å². The standard InChI is InChI=1S/C11H10ClF2N3/c12-8-3-1-7(2-4-8)6-17-10(11(13)14)9(15)5-16-17/h1-5,11H,6,15H2. The quantitative estimate of drug-likeness (QED) is 0.918. The van der Waals surface area contributed by atoms with Crippen LogP contribution in [0.15, 0.2) is 30.5 Å². The van der Waals surface area contributed by atoms with E-state index in [-0.39, 0.29) is 17.9 Å². The fourth-order valence-corrected chi connectivity index (χ4v) is 1.66. The van der Waals surface area contributed by atoms with Crippen LogP contribution in [-0.2, 0) is 6.54 Å². The van der Waals surface area contributed by atoms with Crippen LogP contribution in [0.4, 0.5) is 14.5 Å². The number of anilines is 1. The van der Waals surface area contributed by atoms with Crippen molar-refractivity contribution in [3.63, 3.8) is 0 Å². The second-order valence-corrected chi connectivity index (χ2v) is 4.01. The molecule has 2 N–H and O–H groups in total. The minimum absolute atomic E-state index is 0.00830. The summed E-state index contributed by atoms with van der Waals surface area (Å²) in [5, 5.41) is 4.43. The predicted molar refractivity (Wildman–Crippen MR) is 62.2 cm³/mol. The second kappa shape index (κ2) is 4.71. The molecular weight excluding hydrogens is 248 g/mol. The van der Waals surface area contributed by atoms with Crippen molar-refractivity contribution in [1.29, 1.82) is 0 Å². The Morgan fingerprint density at radius 1 is 1.29 bits per heavy atom. The Bertz CT molecular complexity index is 508. The minimum atomic E-state index is -2.63. The molecule has 0 bridgehead atoms. The summed E-state index contributed by atoms with van der Waals surface area (Å²) in [6.45, 7) is 0.244. The van der Waals surface area contributed by atoms with Gasteiger partial charge in [-0.3, -0.25) is 4.68 Å². The van der Waals surface area contributed by atoms with Gasteiger partial charge in [-0.2, -0.15) is 5.10 Å². The molecule has 2 aromatic rings. The molecule has 0 radical (unpaired) electrons. The van der Waals surface area contributed by atoms with Crippen LogP contribution in [0.5, 0.6) is 0 Å². The van der Waals surface area contributed by atoms with Gasteiger partial charge in [0.05, 0.1) is 18.4 Å². The van der Waals surface area contributed by atoms with Crippen LogP contribution < -0.4 is 5.73 Å². The van der Waals surface area contributed by atoms with E-state index < -0.39 is 6.43 Å². The van der Waals surface area contributed by atoms with Gasteiger partial charge in [0.25, 0.3) is 6.43 Å². The highest BCUT2D eigenvalue weighted by atomic mass is 35.5. The average Bonchev–Trinajstić information content (AvgIpc) is 2.63. The molecule has 0 aliphatic heterocycles. The number of aromatic nitrogens is 2. The van der Waals surface area contributed by atoms with Gasteiger partial charge in [-0.05, 0) is 17.7 Å². The molecule has 0 fully saturated rings. The van der Waals surface area contributed by atoms with E-state index in [1.807, 2.05) is 0 Å². The van der Waals surface area contributed by atoms with Crippen molar-refractivity contribution in [1.82, 2.24) is 9.78 Å². The summed E-state index contributed by atoms with van der Waals surface area (Å²) >= 11 is 5.74. The van der Waals surface area contributed by atoms with Crippen LogP contribution in [0, 0.1) is 0 Å². The molecule has 0 aliphatic carbocycles. The van der Waals surface area contributed by atoms with Crippen molar-refractivity contribution in [2.24, 2.45) is 0 Å². The largest absolute Gasteiger partial charge is 0.396 e. The van der Waals surface area contributed by atoms with Crippen LogP contribution in [-0.4, -0.2) is 9.78 Å². The molecule has 0 unspecified atom stereocenters. The van der Waals surface area contributed by atoms with Crippen LogP contribution in [0.3, 0.4) is 0 Å². The highest BCUT2D eigenvalue weighted by molar-refractivity contribution is 6.30. The predicted octanol–water partition coefficient (Wildman–Crippen LogP) is 3.10. The van der Waals surface area contributed by atoms with E-state index in [1.54, 1.807) is 24.3 Å². The van der Waals surface area contributed by atoms with Gasteiger partial charge in [-0.25, -0.2) is 8.78 Å².